The molecule has 2 N–H and O–H groups in total. The number of nitrogens with one attached hydrogen (secondary N) is 1. The second kappa shape index (κ2) is 6.09. The predicted molar refractivity (Wildman–Crippen MR) is 104 cm³/mol. The molecular weight excluding hydrogens is 340 g/mol. The molecule has 5 rings (SSSR count). The molecule has 3 aromatic heterocycles. The fourth-order valence-electron chi connectivity index (χ4n) is 4.14. The first-order valence-electron chi connectivity index (χ1n) is 9.14. The molecule has 3 heterocycles. The van der Waals surface area contributed by atoms with Gasteiger partial charge >= 0.3 is 0 Å². The lowest BCUT2D eigenvalue weighted by Crippen LogP contribution is -2.09. The van der Waals surface area contributed by atoms with Gasteiger partial charge in [-0.1, -0.05) is 0 Å². The summed E-state index contributed by atoms with van der Waals surface area (Å²) in [7, 11) is 1.66. The second-order valence-corrected chi connectivity index (χ2v) is 7.27. The van der Waals surface area contributed by atoms with E-state index in [9.17, 15) is 5.11 Å². The van der Waals surface area contributed by atoms with E-state index in [1.54, 1.807) is 13.4 Å². The van der Waals surface area contributed by atoms with Gasteiger partial charge in [0.1, 0.15) is 17.7 Å². The molecule has 1 radical (unpaired) electrons. The largest absolute Gasteiger partial charge is 0.497 e. The molecular formula is C21H21N4O2. The van der Waals surface area contributed by atoms with Crippen molar-refractivity contribution in [1.29, 1.82) is 0 Å². The lowest BCUT2D eigenvalue weighted by Gasteiger charge is -2.13. The number of nitrogens with zero attached hydrogens (tertiary/aromatic N) is 3. The minimum Gasteiger partial charge on any atom is -0.497 e. The average molecular weight is 361 g/mol. The van der Waals surface area contributed by atoms with E-state index < -0.39 is 0 Å². The van der Waals surface area contributed by atoms with Gasteiger partial charge < -0.3 is 19.4 Å². The molecule has 1 saturated carbocycles. The van der Waals surface area contributed by atoms with Gasteiger partial charge in [-0.15, -0.1) is 0 Å². The van der Waals surface area contributed by atoms with Crippen LogP contribution in [-0.2, 0) is 0 Å². The summed E-state index contributed by atoms with van der Waals surface area (Å²) in [4.78, 5) is 12.5. The van der Waals surface area contributed by atoms with Gasteiger partial charge in [0, 0.05) is 34.6 Å². The highest BCUT2D eigenvalue weighted by Gasteiger charge is 2.31. The number of methoxy groups -OCH3 is 1. The van der Waals surface area contributed by atoms with Gasteiger partial charge in [-0.2, -0.15) is 0 Å². The zero-order valence-corrected chi connectivity index (χ0v) is 15.1. The maximum Gasteiger partial charge on any atom is 0.144 e. The van der Waals surface area contributed by atoms with Crippen LogP contribution in [0.15, 0.2) is 42.9 Å². The minimum absolute atomic E-state index is 0.0671. The molecule has 1 aliphatic carbocycles. The van der Waals surface area contributed by atoms with E-state index in [0.717, 1.165) is 45.5 Å². The van der Waals surface area contributed by atoms with Gasteiger partial charge in [-0.3, -0.25) is 0 Å². The molecule has 0 unspecified atom stereocenters. The number of benzene rings is 1. The summed E-state index contributed by atoms with van der Waals surface area (Å²) in [6.07, 6.45) is 4.87. The molecule has 6 nitrogen and oxygen atoms in total. The highest BCUT2D eigenvalue weighted by atomic mass is 16.5. The van der Waals surface area contributed by atoms with Crippen LogP contribution in [-0.4, -0.2) is 37.8 Å². The third-order valence-corrected chi connectivity index (χ3v) is 5.62. The molecule has 0 spiro atoms. The van der Waals surface area contributed by atoms with E-state index in [1.807, 2.05) is 24.4 Å². The predicted octanol–water partition coefficient (Wildman–Crippen LogP) is 3.73. The zero-order valence-electron chi connectivity index (χ0n) is 15.1. The quantitative estimate of drug-likeness (QED) is 0.583. The number of fused-ring (bicyclic) bond motifs is 2. The summed E-state index contributed by atoms with van der Waals surface area (Å²) in [5.74, 6) is 0.884. The molecule has 1 aromatic carbocycles. The van der Waals surface area contributed by atoms with Crippen LogP contribution in [0.25, 0.3) is 33.3 Å². The first kappa shape index (κ1) is 16.3. The van der Waals surface area contributed by atoms with Crippen LogP contribution in [0.2, 0.25) is 0 Å². The third kappa shape index (κ3) is 2.59. The Morgan fingerprint density at radius 3 is 2.89 bits per heavy atom. The van der Waals surface area contributed by atoms with Gasteiger partial charge in [0.2, 0.25) is 0 Å². The Morgan fingerprint density at radius 2 is 2.11 bits per heavy atom. The Balaban J connectivity index is 1.60. The molecule has 27 heavy (non-hydrogen) atoms. The van der Waals surface area contributed by atoms with E-state index in [4.69, 9.17) is 4.74 Å². The molecule has 1 fully saturated rings. The van der Waals surface area contributed by atoms with Gasteiger partial charge in [-0.25, -0.2) is 9.97 Å². The smallest absolute Gasteiger partial charge is 0.144 e. The normalized spacial score (nSPS) is 22.7. The number of rotatable bonds is 3. The van der Waals surface area contributed by atoms with E-state index in [0.29, 0.717) is 6.42 Å². The third-order valence-electron chi connectivity index (χ3n) is 5.62. The van der Waals surface area contributed by atoms with Crippen molar-refractivity contribution in [1.82, 2.24) is 19.5 Å². The van der Waals surface area contributed by atoms with Crippen molar-refractivity contribution in [2.45, 2.75) is 25.0 Å². The summed E-state index contributed by atoms with van der Waals surface area (Å²) < 4.78 is 7.46. The van der Waals surface area contributed by atoms with Crippen molar-refractivity contribution < 1.29 is 9.84 Å². The second-order valence-electron chi connectivity index (χ2n) is 7.27. The van der Waals surface area contributed by atoms with Crippen molar-refractivity contribution in [2.75, 3.05) is 7.11 Å². The van der Waals surface area contributed by atoms with Crippen LogP contribution in [0.3, 0.4) is 0 Å². The topological polar surface area (TPSA) is 76.0 Å². The number of ether oxygens (including phenoxy) is 1. The number of hydrogen-bond acceptors (Lipinski definition) is 4. The monoisotopic (exact) mass is 361 g/mol. The summed E-state index contributed by atoms with van der Waals surface area (Å²) in [6.45, 7) is 4.05. The Morgan fingerprint density at radius 1 is 1.22 bits per heavy atom. The minimum atomic E-state index is -0.350. The Bertz CT molecular complexity index is 1120. The molecule has 1 aliphatic rings. The maximum absolute atomic E-state index is 10.1. The Hall–Kier alpha value is -2.86. The van der Waals surface area contributed by atoms with E-state index in [-0.39, 0.29) is 18.1 Å². The molecule has 137 valence electrons. The SMILES string of the molecule is [CH2][C@H]1C[C@@H](n2ccc3c(-c4cc5ccc(OC)cc5[nH]4)ncnc32)C[C@@H]1O. The lowest BCUT2D eigenvalue weighted by molar-refractivity contribution is 0.149. The van der Waals surface area contributed by atoms with Crippen molar-refractivity contribution in [3.8, 4) is 17.1 Å². The van der Waals surface area contributed by atoms with Crippen molar-refractivity contribution in [3.05, 3.63) is 49.8 Å². The molecule has 0 aliphatic heterocycles. The highest BCUT2D eigenvalue weighted by Crippen LogP contribution is 2.37. The summed E-state index contributed by atoms with van der Waals surface area (Å²) in [5, 5.41) is 12.2. The van der Waals surface area contributed by atoms with Gasteiger partial charge in [0.05, 0.1) is 24.6 Å². The number of H-pyrrole nitrogens is 1. The summed E-state index contributed by atoms with van der Waals surface area (Å²) >= 11 is 0. The fraction of sp³-hybridized carbons (Fsp3) is 0.286. The number of aromatic nitrogens is 4. The number of aliphatic hydroxyl groups is 1. The molecule has 0 amide bonds. The number of hydrogen-bond donors (Lipinski definition) is 2. The highest BCUT2D eigenvalue weighted by molar-refractivity contribution is 5.94. The first-order chi connectivity index (χ1) is 13.1. The van der Waals surface area contributed by atoms with E-state index in [2.05, 4.69) is 38.6 Å². The van der Waals surface area contributed by atoms with Crippen LogP contribution >= 0.6 is 0 Å². The van der Waals surface area contributed by atoms with Crippen molar-refractivity contribution >= 4 is 21.9 Å². The molecule has 4 aromatic rings. The molecule has 3 atom stereocenters. The van der Waals surface area contributed by atoms with Crippen molar-refractivity contribution in [2.24, 2.45) is 5.92 Å². The van der Waals surface area contributed by atoms with Gasteiger partial charge in [-0.05, 0) is 49.9 Å². The molecule has 0 saturated heterocycles. The summed E-state index contributed by atoms with van der Waals surface area (Å²) in [5.41, 5.74) is 3.72. The van der Waals surface area contributed by atoms with E-state index in [1.165, 1.54) is 0 Å². The standard InChI is InChI=1S/C21H21N4O2/c1-12-7-14(9-19(12)26)25-6-5-16-20(22-11-23-21(16)25)18-8-13-3-4-15(27-2)10-17(13)24-18/h3-6,8,10-12,14,19,24,26H,1,7,9H2,2H3/t12-,14+,19-/m0/s1. The van der Waals surface area contributed by atoms with Crippen LogP contribution in [0.1, 0.15) is 18.9 Å². The van der Waals surface area contributed by atoms with Crippen LogP contribution in [0.5, 0.6) is 5.75 Å². The lowest BCUT2D eigenvalue weighted by atomic mass is 10.1. The maximum atomic E-state index is 10.1. The van der Waals surface area contributed by atoms with Crippen LogP contribution in [0.4, 0.5) is 0 Å². The van der Waals surface area contributed by atoms with E-state index >= 15 is 0 Å². The fourth-order valence-corrected chi connectivity index (χ4v) is 4.14. The Kier molecular flexibility index (Phi) is 3.68. The van der Waals surface area contributed by atoms with Crippen molar-refractivity contribution in [3.63, 3.8) is 0 Å². The molecule has 6 heteroatoms. The van der Waals surface area contributed by atoms with Gasteiger partial charge in [0.25, 0.3) is 0 Å². The summed E-state index contributed by atoms with van der Waals surface area (Å²) in [6, 6.07) is 10.3. The average Bonchev–Trinajstić information content (AvgIpc) is 3.37. The first-order valence-corrected chi connectivity index (χ1v) is 9.14. The van der Waals surface area contributed by atoms with Gasteiger partial charge in [0.15, 0.2) is 0 Å². The van der Waals surface area contributed by atoms with Crippen LogP contribution in [0, 0.1) is 12.8 Å². The Labute approximate surface area is 156 Å². The molecule has 0 bridgehead atoms. The number of aliphatic hydroxyl groups excluding tert-OH is 1. The van der Waals surface area contributed by atoms with Crippen LogP contribution < -0.4 is 4.74 Å². The zero-order chi connectivity index (χ0) is 18.5. The number of aromatic amines is 1.